The lowest BCUT2D eigenvalue weighted by molar-refractivity contribution is -0.137. The van der Waals surface area contributed by atoms with Crippen molar-refractivity contribution in [3.63, 3.8) is 0 Å². The molecule has 2 rings (SSSR count). The maximum atomic E-state index is 11.4. The predicted molar refractivity (Wildman–Crippen MR) is 99.1 cm³/mol. The number of carboxylic acids is 1. The summed E-state index contributed by atoms with van der Waals surface area (Å²) in [5.74, 6) is -1.02. The molecule has 0 aliphatic carbocycles. The van der Waals surface area contributed by atoms with Gasteiger partial charge in [0.05, 0.1) is 0 Å². The minimum atomic E-state index is -0.774. The Morgan fingerprint density at radius 1 is 1.23 bits per heavy atom. The Balaban J connectivity index is 1.77. The van der Waals surface area contributed by atoms with Crippen LogP contribution in [0.1, 0.15) is 31.2 Å². The molecule has 0 aromatic heterocycles. The predicted octanol–water partition coefficient (Wildman–Crippen LogP) is 1.27. The molecule has 2 amide bonds. The zero-order chi connectivity index (χ0) is 18.9. The van der Waals surface area contributed by atoms with Gasteiger partial charge in [0, 0.05) is 44.2 Å². The second-order valence-corrected chi connectivity index (χ2v) is 6.69. The summed E-state index contributed by atoms with van der Waals surface area (Å²) in [5, 5.41) is 10.9. The number of anilines is 1. The molecule has 7 heteroatoms. The second-order valence-electron chi connectivity index (χ2n) is 6.69. The molecule has 26 heavy (non-hydrogen) atoms. The number of carbonyl (C=O) groups is 3. The van der Waals surface area contributed by atoms with E-state index >= 15 is 0 Å². The van der Waals surface area contributed by atoms with Crippen LogP contribution in [-0.4, -0.2) is 61.0 Å². The summed E-state index contributed by atoms with van der Waals surface area (Å²) in [4.78, 5) is 36.8. The Morgan fingerprint density at radius 2 is 1.88 bits per heavy atom. The summed E-state index contributed by atoms with van der Waals surface area (Å²) in [6, 6.07) is 8.56. The maximum Gasteiger partial charge on any atom is 0.303 e. The Bertz CT molecular complexity index is 610. The van der Waals surface area contributed by atoms with Crippen LogP contribution in [0, 0.1) is 0 Å². The van der Waals surface area contributed by atoms with Crippen molar-refractivity contribution in [2.45, 2.75) is 38.1 Å². The quantitative estimate of drug-likeness (QED) is 0.644. The lowest BCUT2D eigenvalue weighted by atomic mass is 10.0. The van der Waals surface area contributed by atoms with Crippen LogP contribution in [0.25, 0.3) is 0 Å². The molecule has 1 fully saturated rings. The molecule has 0 spiro atoms. The number of imide groups is 1. The molecular formula is C19H27N3O4. The molecule has 0 atom stereocenters. The Morgan fingerprint density at radius 3 is 2.46 bits per heavy atom. The summed E-state index contributed by atoms with van der Waals surface area (Å²) in [7, 11) is 2.02. The van der Waals surface area contributed by atoms with Crippen molar-refractivity contribution in [2.75, 3.05) is 31.6 Å². The minimum Gasteiger partial charge on any atom is -0.481 e. The molecule has 1 aliphatic heterocycles. The molecule has 7 nitrogen and oxygen atoms in total. The topological polar surface area (TPSA) is 90.0 Å². The fourth-order valence-corrected chi connectivity index (χ4v) is 3.29. The van der Waals surface area contributed by atoms with Gasteiger partial charge in [0.1, 0.15) is 0 Å². The summed E-state index contributed by atoms with van der Waals surface area (Å²) in [5.41, 5.74) is 2.20. The Labute approximate surface area is 154 Å². The largest absolute Gasteiger partial charge is 0.481 e. The number of hydrogen-bond acceptors (Lipinski definition) is 5. The number of benzene rings is 1. The first-order valence-electron chi connectivity index (χ1n) is 8.98. The molecule has 0 unspecified atom stereocenters. The first-order chi connectivity index (χ1) is 12.5. The second kappa shape index (κ2) is 9.91. The molecule has 1 heterocycles. The third kappa shape index (κ3) is 6.15. The molecular weight excluding hydrogens is 334 g/mol. The van der Waals surface area contributed by atoms with Gasteiger partial charge in [-0.2, -0.15) is 0 Å². The van der Waals surface area contributed by atoms with E-state index in [1.807, 2.05) is 19.2 Å². The summed E-state index contributed by atoms with van der Waals surface area (Å²) in [6.07, 6.45) is 3.50. The van der Waals surface area contributed by atoms with Gasteiger partial charge in [-0.05, 0) is 44.0 Å². The number of carboxylic acid groups (broad SMARTS) is 1. The average molecular weight is 361 g/mol. The van der Waals surface area contributed by atoms with Gasteiger partial charge in [0.15, 0.2) is 0 Å². The van der Waals surface area contributed by atoms with Gasteiger partial charge in [-0.1, -0.05) is 12.1 Å². The SMILES string of the molecule is CN(CCC(=O)NC=O)C1CCN(c2ccc(CCC(=O)O)cc2)CC1. The van der Waals surface area contributed by atoms with E-state index in [1.165, 1.54) is 0 Å². The number of nitrogens with one attached hydrogen (secondary N) is 1. The van der Waals surface area contributed by atoms with Crippen LogP contribution in [0.2, 0.25) is 0 Å². The van der Waals surface area contributed by atoms with Gasteiger partial charge >= 0.3 is 5.97 Å². The molecule has 0 saturated carbocycles. The molecule has 142 valence electrons. The number of piperidine rings is 1. The summed E-state index contributed by atoms with van der Waals surface area (Å²) < 4.78 is 0. The fourth-order valence-electron chi connectivity index (χ4n) is 3.29. The van der Waals surface area contributed by atoms with E-state index in [4.69, 9.17) is 5.11 Å². The molecule has 1 aromatic rings. The van der Waals surface area contributed by atoms with Gasteiger partial charge in [-0.25, -0.2) is 0 Å². The van der Waals surface area contributed by atoms with Crippen molar-refractivity contribution in [2.24, 2.45) is 0 Å². The molecule has 1 aliphatic rings. The fraction of sp³-hybridized carbons (Fsp3) is 0.526. The van der Waals surface area contributed by atoms with E-state index in [1.54, 1.807) is 0 Å². The van der Waals surface area contributed by atoms with E-state index in [0.29, 0.717) is 31.8 Å². The number of aryl methyl sites for hydroxylation is 1. The highest BCUT2D eigenvalue weighted by molar-refractivity contribution is 5.85. The Kier molecular flexibility index (Phi) is 7.59. The standard InChI is InChI=1S/C19H27N3O4/c1-21(11-10-18(24)20-14-23)16-8-12-22(13-9-16)17-5-2-15(3-6-17)4-7-19(25)26/h2-3,5-6,14,16H,4,7-13H2,1H3,(H,25,26)(H,20,23,24). The highest BCUT2D eigenvalue weighted by atomic mass is 16.4. The maximum absolute atomic E-state index is 11.4. The minimum absolute atomic E-state index is 0.155. The smallest absolute Gasteiger partial charge is 0.303 e. The highest BCUT2D eigenvalue weighted by Crippen LogP contribution is 2.23. The number of nitrogens with zero attached hydrogens (tertiary/aromatic N) is 2. The van der Waals surface area contributed by atoms with E-state index in [0.717, 1.165) is 37.2 Å². The molecule has 1 aromatic carbocycles. The van der Waals surface area contributed by atoms with Crippen LogP contribution in [0.3, 0.4) is 0 Å². The average Bonchev–Trinajstić information content (AvgIpc) is 2.65. The summed E-state index contributed by atoms with van der Waals surface area (Å²) in [6.45, 7) is 2.54. The van der Waals surface area contributed by atoms with Crippen LogP contribution < -0.4 is 10.2 Å². The monoisotopic (exact) mass is 361 g/mol. The van der Waals surface area contributed by atoms with Gasteiger partial charge < -0.3 is 14.9 Å². The molecule has 0 bridgehead atoms. The third-order valence-corrected chi connectivity index (χ3v) is 4.93. The van der Waals surface area contributed by atoms with Crippen LogP contribution in [0.15, 0.2) is 24.3 Å². The van der Waals surface area contributed by atoms with Crippen molar-refractivity contribution >= 4 is 24.0 Å². The zero-order valence-electron chi connectivity index (χ0n) is 15.2. The van der Waals surface area contributed by atoms with Crippen molar-refractivity contribution < 1.29 is 19.5 Å². The van der Waals surface area contributed by atoms with Gasteiger partial charge in [0.25, 0.3) is 0 Å². The van der Waals surface area contributed by atoms with Crippen LogP contribution >= 0.6 is 0 Å². The van der Waals surface area contributed by atoms with Crippen molar-refractivity contribution in [1.29, 1.82) is 0 Å². The first kappa shape index (κ1) is 19.9. The van der Waals surface area contributed by atoms with Gasteiger partial charge in [-0.3, -0.25) is 19.7 Å². The van der Waals surface area contributed by atoms with E-state index in [2.05, 4.69) is 27.2 Å². The van der Waals surface area contributed by atoms with Crippen molar-refractivity contribution in [1.82, 2.24) is 10.2 Å². The van der Waals surface area contributed by atoms with Gasteiger partial charge in [0.2, 0.25) is 12.3 Å². The highest BCUT2D eigenvalue weighted by Gasteiger charge is 2.22. The molecule has 1 saturated heterocycles. The number of rotatable bonds is 9. The van der Waals surface area contributed by atoms with Crippen LogP contribution in [0.4, 0.5) is 5.69 Å². The van der Waals surface area contributed by atoms with Gasteiger partial charge in [-0.15, -0.1) is 0 Å². The van der Waals surface area contributed by atoms with Crippen LogP contribution in [0.5, 0.6) is 0 Å². The van der Waals surface area contributed by atoms with E-state index in [9.17, 15) is 14.4 Å². The number of hydrogen-bond donors (Lipinski definition) is 2. The molecule has 0 radical (unpaired) electrons. The normalized spacial score (nSPS) is 15.1. The first-order valence-corrected chi connectivity index (χ1v) is 8.98. The zero-order valence-corrected chi connectivity index (χ0v) is 15.2. The molecule has 2 N–H and O–H groups in total. The van der Waals surface area contributed by atoms with E-state index in [-0.39, 0.29) is 12.3 Å². The number of aliphatic carboxylic acids is 1. The third-order valence-electron chi connectivity index (χ3n) is 4.93. The lowest BCUT2D eigenvalue weighted by Crippen LogP contribution is -2.44. The Hall–Kier alpha value is -2.41. The number of amides is 2. The van der Waals surface area contributed by atoms with Crippen molar-refractivity contribution in [3.8, 4) is 0 Å². The van der Waals surface area contributed by atoms with Crippen molar-refractivity contribution in [3.05, 3.63) is 29.8 Å². The van der Waals surface area contributed by atoms with Crippen LogP contribution in [-0.2, 0) is 20.8 Å². The summed E-state index contributed by atoms with van der Waals surface area (Å²) >= 11 is 0. The lowest BCUT2D eigenvalue weighted by Gasteiger charge is -2.38. The number of carbonyl (C=O) groups excluding carboxylic acids is 2. The van der Waals surface area contributed by atoms with E-state index < -0.39 is 5.97 Å².